The molecule has 1 saturated heterocycles. The number of likely N-dealkylation sites (tertiary alicyclic amines) is 1. The Balaban J connectivity index is 1.37. The van der Waals surface area contributed by atoms with Gasteiger partial charge in [-0.2, -0.15) is 0 Å². The highest BCUT2D eigenvalue weighted by atomic mass is 32.1. The number of methoxy groups -OCH3 is 2. The lowest BCUT2D eigenvalue weighted by atomic mass is 10.2. The molecule has 1 amide bonds. The molecule has 3 heterocycles. The van der Waals surface area contributed by atoms with E-state index in [0.29, 0.717) is 18.0 Å². The van der Waals surface area contributed by atoms with Gasteiger partial charge in [-0.05, 0) is 55.6 Å². The molecule has 6 nitrogen and oxygen atoms in total. The molecule has 1 N–H and O–H groups in total. The molecule has 0 radical (unpaired) electrons. The highest BCUT2D eigenvalue weighted by molar-refractivity contribution is 7.13. The van der Waals surface area contributed by atoms with Crippen LogP contribution in [0.25, 0.3) is 10.6 Å². The van der Waals surface area contributed by atoms with Crippen molar-refractivity contribution in [3.05, 3.63) is 51.7 Å². The second-order valence-corrected chi connectivity index (χ2v) is 9.31. The first-order chi connectivity index (χ1) is 15.2. The highest BCUT2D eigenvalue weighted by Gasteiger charge is 2.24. The lowest BCUT2D eigenvalue weighted by Crippen LogP contribution is -2.37. The van der Waals surface area contributed by atoms with E-state index in [1.54, 1.807) is 25.6 Å². The van der Waals surface area contributed by atoms with Gasteiger partial charge in [-0.1, -0.05) is 6.07 Å². The summed E-state index contributed by atoms with van der Waals surface area (Å²) in [5.41, 5.74) is 1.72. The average molecular weight is 458 g/mol. The van der Waals surface area contributed by atoms with Crippen molar-refractivity contribution >= 4 is 28.6 Å². The summed E-state index contributed by atoms with van der Waals surface area (Å²) in [5, 5.41) is 8.04. The second kappa shape index (κ2) is 10.3. The van der Waals surface area contributed by atoms with Crippen LogP contribution in [0.5, 0.6) is 11.5 Å². The average Bonchev–Trinajstić information content (AvgIpc) is 3.56. The molecule has 0 spiro atoms. The number of hydrogen-bond acceptors (Lipinski definition) is 7. The fourth-order valence-electron chi connectivity index (χ4n) is 3.87. The number of hydrogen-bond donors (Lipinski definition) is 1. The summed E-state index contributed by atoms with van der Waals surface area (Å²) in [4.78, 5) is 21.1. The molecule has 1 aromatic carbocycles. The number of rotatable bonds is 9. The van der Waals surface area contributed by atoms with E-state index in [4.69, 9.17) is 9.47 Å². The Morgan fingerprint density at radius 1 is 1.16 bits per heavy atom. The highest BCUT2D eigenvalue weighted by Crippen LogP contribution is 2.33. The zero-order chi connectivity index (χ0) is 21.6. The van der Waals surface area contributed by atoms with Gasteiger partial charge < -0.3 is 14.8 Å². The molecule has 1 atom stereocenters. The van der Waals surface area contributed by atoms with Crippen LogP contribution in [0.3, 0.4) is 0 Å². The van der Waals surface area contributed by atoms with Crippen LogP contribution in [0.1, 0.15) is 29.5 Å². The fraction of sp³-hybridized carbons (Fsp3) is 0.391. The van der Waals surface area contributed by atoms with Crippen LogP contribution in [0.15, 0.2) is 41.1 Å². The van der Waals surface area contributed by atoms with Crippen LogP contribution in [-0.4, -0.2) is 49.6 Å². The minimum atomic E-state index is 0.00455. The Bertz CT molecular complexity index is 997. The van der Waals surface area contributed by atoms with Crippen molar-refractivity contribution in [3.8, 4) is 22.1 Å². The molecule has 4 rings (SSSR count). The summed E-state index contributed by atoms with van der Waals surface area (Å²) in [7, 11) is 3.23. The number of benzene rings is 1. The van der Waals surface area contributed by atoms with Gasteiger partial charge in [-0.25, -0.2) is 4.98 Å². The third kappa shape index (κ3) is 5.26. The van der Waals surface area contributed by atoms with Crippen LogP contribution in [0, 0.1) is 0 Å². The van der Waals surface area contributed by atoms with Gasteiger partial charge in [-0.3, -0.25) is 9.69 Å². The maximum absolute atomic E-state index is 12.6. The zero-order valence-corrected chi connectivity index (χ0v) is 19.4. The lowest BCUT2D eigenvalue weighted by molar-refractivity contribution is -0.120. The van der Waals surface area contributed by atoms with E-state index in [-0.39, 0.29) is 18.4 Å². The number of carbonyl (C=O) groups excluding carboxylic acids is 1. The molecular formula is C23H27N3O3S2. The number of nitrogens with zero attached hydrogens (tertiary/aromatic N) is 2. The van der Waals surface area contributed by atoms with Crippen molar-refractivity contribution < 1.29 is 14.3 Å². The summed E-state index contributed by atoms with van der Waals surface area (Å²) in [6, 6.07) is 10.2. The minimum absolute atomic E-state index is 0.00455. The largest absolute Gasteiger partial charge is 0.493 e. The third-order valence-corrected chi connectivity index (χ3v) is 7.38. The van der Waals surface area contributed by atoms with Gasteiger partial charge in [0.05, 0.1) is 32.4 Å². The third-order valence-electron chi connectivity index (χ3n) is 5.47. The van der Waals surface area contributed by atoms with Crippen LogP contribution in [-0.2, 0) is 11.2 Å². The van der Waals surface area contributed by atoms with E-state index in [2.05, 4.69) is 32.7 Å². The molecule has 2 aromatic heterocycles. The molecule has 1 aliphatic rings. The van der Waals surface area contributed by atoms with Crippen LogP contribution >= 0.6 is 22.7 Å². The Labute approximate surface area is 190 Å². The quantitative estimate of drug-likeness (QED) is 0.517. The second-order valence-electron chi connectivity index (χ2n) is 7.47. The molecular weight excluding hydrogens is 430 g/mol. The maximum Gasteiger partial charge on any atom is 0.226 e. The van der Waals surface area contributed by atoms with E-state index in [1.165, 1.54) is 29.1 Å². The van der Waals surface area contributed by atoms with Crippen molar-refractivity contribution in [2.45, 2.75) is 25.3 Å². The van der Waals surface area contributed by atoms with Gasteiger partial charge in [0.15, 0.2) is 11.5 Å². The predicted molar refractivity (Wildman–Crippen MR) is 125 cm³/mol. The van der Waals surface area contributed by atoms with Crippen molar-refractivity contribution in [2.24, 2.45) is 0 Å². The molecule has 0 saturated carbocycles. The number of thiophene rings is 1. The van der Waals surface area contributed by atoms with Crippen molar-refractivity contribution in [1.82, 2.24) is 15.2 Å². The summed E-state index contributed by atoms with van der Waals surface area (Å²) >= 11 is 3.28. The zero-order valence-electron chi connectivity index (χ0n) is 17.8. The van der Waals surface area contributed by atoms with Gasteiger partial charge in [0.25, 0.3) is 0 Å². The number of nitrogens with one attached hydrogen (secondary N) is 1. The number of carbonyl (C=O) groups is 1. The first-order valence-electron chi connectivity index (χ1n) is 10.4. The normalized spacial score (nSPS) is 15.0. The Hall–Kier alpha value is -2.42. The summed E-state index contributed by atoms with van der Waals surface area (Å²) in [6.07, 6.45) is 2.74. The lowest BCUT2D eigenvalue weighted by Gasteiger charge is -2.26. The molecule has 1 fully saturated rings. The van der Waals surface area contributed by atoms with Crippen LogP contribution in [0.2, 0.25) is 0 Å². The Morgan fingerprint density at radius 3 is 2.68 bits per heavy atom. The monoisotopic (exact) mass is 457 g/mol. The van der Waals surface area contributed by atoms with E-state index in [9.17, 15) is 4.79 Å². The molecule has 0 unspecified atom stereocenters. The Kier molecular flexibility index (Phi) is 7.21. The van der Waals surface area contributed by atoms with Gasteiger partial charge >= 0.3 is 0 Å². The maximum atomic E-state index is 12.6. The van der Waals surface area contributed by atoms with Gasteiger partial charge in [0.2, 0.25) is 5.91 Å². The number of thiazole rings is 1. The Morgan fingerprint density at radius 2 is 1.97 bits per heavy atom. The first-order valence-corrected chi connectivity index (χ1v) is 12.1. The molecule has 8 heteroatoms. The summed E-state index contributed by atoms with van der Waals surface area (Å²) in [6.45, 7) is 2.82. The molecule has 164 valence electrons. The number of ether oxygens (including phenoxy) is 2. The standard InChI is InChI=1S/C23H27N3O3S2/c1-28-19-8-7-16(12-20(19)29-2)23-25-17(15-31-23)13-22(27)24-14-18(21-6-5-11-30-21)26-9-3-4-10-26/h5-8,11-12,15,18H,3-4,9-10,13-14H2,1-2H3,(H,24,27)/t18-/m0/s1. The van der Waals surface area contributed by atoms with Gasteiger partial charge in [0, 0.05) is 22.4 Å². The number of aromatic nitrogens is 1. The smallest absolute Gasteiger partial charge is 0.226 e. The summed E-state index contributed by atoms with van der Waals surface area (Å²) in [5.74, 6) is 1.35. The molecule has 1 aliphatic heterocycles. The van der Waals surface area contributed by atoms with E-state index in [0.717, 1.165) is 29.4 Å². The molecule has 0 aliphatic carbocycles. The van der Waals surface area contributed by atoms with Crippen LogP contribution in [0.4, 0.5) is 0 Å². The van der Waals surface area contributed by atoms with Gasteiger partial charge in [-0.15, -0.1) is 22.7 Å². The van der Waals surface area contributed by atoms with Crippen molar-refractivity contribution in [3.63, 3.8) is 0 Å². The number of amides is 1. The SMILES string of the molecule is COc1ccc(-c2nc(CC(=O)NC[C@@H](c3cccs3)N3CCCC3)cs2)cc1OC. The molecule has 0 bridgehead atoms. The van der Waals surface area contributed by atoms with Crippen molar-refractivity contribution in [2.75, 3.05) is 33.9 Å². The first kappa shape index (κ1) is 21.8. The predicted octanol–water partition coefficient (Wildman–Crippen LogP) is 4.38. The van der Waals surface area contributed by atoms with Crippen molar-refractivity contribution in [1.29, 1.82) is 0 Å². The minimum Gasteiger partial charge on any atom is -0.493 e. The molecule has 31 heavy (non-hydrogen) atoms. The van der Waals surface area contributed by atoms with E-state index >= 15 is 0 Å². The topological polar surface area (TPSA) is 63.7 Å². The van der Waals surface area contributed by atoms with E-state index in [1.807, 2.05) is 23.6 Å². The summed E-state index contributed by atoms with van der Waals surface area (Å²) < 4.78 is 10.7. The van der Waals surface area contributed by atoms with Gasteiger partial charge in [0.1, 0.15) is 5.01 Å². The molecule has 3 aromatic rings. The van der Waals surface area contributed by atoms with Crippen LogP contribution < -0.4 is 14.8 Å². The van der Waals surface area contributed by atoms with E-state index < -0.39 is 0 Å². The fourth-order valence-corrected chi connectivity index (χ4v) is 5.55.